The van der Waals surface area contributed by atoms with E-state index in [9.17, 15) is 28.9 Å². The summed E-state index contributed by atoms with van der Waals surface area (Å²) in [5.74, 6) is -3.04. The summed E-state index contributed by atoms with van der Waals surface area (Å²) in [6.45, 7) is -0.402. The molecule has 2 rings (SSSR count). The largest absolute Gasteiger partial charge is 0.368 e. The van der Waals surface area contributed by atoms with Crippen LogP contribution in [0.4, 0.5) is 10.1 Å². The summed E-state index contributed by atoms with van der Waals surface area (Å²) in [4.78, 5) is 45.4. The van der Waals surface area contributed by atoms with Crippen LogP contribution in [0.2, 0.25) is 0 Å². The Labute approximate surface area is 158 Å². The van der Waals surface area contributed by atoms with Gasteiger partial charge < -0.3 is 16.4 Å². The number of rotatable bonds is 8. The highest BCUT2D eigenvalue weighted by molar-refractivity contribution is 5.97. The highest BCUT2D eigenvalue weighted by Gasteiger charge is 2.21. The van der Waals surface area contributed by atoms with E-state index in [0.717, 1.165) is 12.1 Å². The molecule has 0 aliphatic rings. The number of nitrogens with zero attached hydrogens (tertiary/aromatic N) is 1. The SMILES string of the molecule is NC(=O)[C@H](Cc1ccc(F)c([N+](=O)[O-])c1)NC(=O)CNC(=O)c1ccccc1. The predicted octanol–water partition coefficient (Wildman–Crippen LogP) is 0.676. The Morgan fingerprint density at radius 1 is 1.14 bits per heavy atom. The maximum Gasteiger partial charge on any atom is 0.305 e. The highest BCUT2D eigenvalue weighted by atomic mass is 19.1. The van der Waals surface area contributed by atoms with E-state index in [-0.39, 0.29) is 12.0 Å². The Morgan fingerprint density at radius 3 is 2.43 bits per heavy atom. The molecule has 0 aliphatic heterocycles. The topological polar surface area (TPSA) is 144 Å². The van der Waals surface area contributed by atoms with E-state index in [1.165, 1.54) is 6.07 Å². The summed E-state index contributed by atoms with van der Waals surface area (Å²) < 4.78 is 13.4. The maximum atomic E-state index is 13.4. The van der Waals surface area contributed by atoms with Crippen molar-refractivity contribution in [3.05, 3.63) is 75.6 Å². The molecule has 10 heteroatoms. The van der Waals surface area contributed by atoms with E-state index in [2.05, 4.69) is 10.6 Å². The molecule has 0 aliphatic carbocycles. The van der Waals surface area contributed by atoms with Gasteiger partial charge in [0.15, 0.2) is 0 Å². The lowest BCUT2D eigenvalue weighted by Crippen LogP contribution is -2.49. The number of nitro groups is 1. The van der Waals surface area contributed by atoms with Gasteiger partial charge in [0.05, 0.1) is 11.5 Å². The maximum absolute atomic E-state index is 13.4. The second-order valence-corrected chi connectivity index (χ2v) is 5.82. The van der Waals surface area contributed by atoms with Gasteiger partial charge in [-0.3, -0.25) is 24.5 Å². The first-order valence-electron chi connectivity index (χ1n) is 8.12. The molecule has 146 valence electrons. The number of halogens is 1. The molecule has 0 heterocycles. The van der Waals surface area contributed by atoms with Crippen LogP contribution >= 0.6 is 0 Å². The number of amides is 3. The second-order valence-electron chi connectivity index (χ2n) is 5.82. The molecule has 3 amide bonds. The first kappa shape index (κ1) is 20.5. The molecule has 0 fully saturated rings. The third-order valence-corrected chi connectivity index (χ3v) is 3.77. The van der Waals surface area contributed by atoms with Gasteiger partial charge >= 0.3 is 5.69 Å². The minimum absolute atomic E-state index is 0.172. The summed E-state index contributed by atoms with van der Waals surface area (Å²) in [6, 6.07) is 10.1. The lowest BCUT2D eigenvalue weighted by atomic mass is 10.0. The van der Waals surface area contributed by atoms with Gasteiger partial charge in [-0.05, 0) is 23.8 Å². The quantitative estimate of drug-likeness (QED) is 0.450. The minimum Gasteiger partial charge on any atom is -0.368 e. The molecular weight excluding hydrogens is 371 g/mol. The molecule has 0 aromatic heterocycles. The van der Waals surface area contributed by atoms with Gasteiger partial charge in [-0.25, -0.2) is 0 Å². The number of carbonyl (C=O) groups is 3. The minimum atomic E-state index is -1.19. The molecule has 2 aromatic carbocycles. The first-order valence-corrected chi connectivity index (χ1v) is 8.12. The van der Waals surface area contributed by atoms with E-state index < -0.39 is 46.7 Å². The molecule has 28 heavy (non-hydrogen) atoms. The van der Waals surface area contributed by atoms with Crippen molar-refractivity contribution in [3.8, 4) is 0 Å². The number of nitro benzene ring substituents is 1. The number of nitrogens with two attached hydrogens (primary N) is 1. The zero-order valence-electron chi connectivity index (χ0n) is 14.6. The van der Waals surface area contributed by atoms with Gasteiger partial charge in [0.2, 0.25) is 17.6 Å². The van der Waals surface area contributed by atoms with Crippen LogP contribution in [0.25, 0.3) is 0 Å². The molecule has 0 saturated carbocycles. The molecule has 0 bridgehead atoms. The van der Waals surface area contributed by atoms with Gasteiger partial charge in [-0.1, -0.05) is 24.3 Å². The van der Waals surface area contributed by atoms with Crippen LogP contribution in [0, 0.1) is 15.9 Å². The van der Waals surface area contributed by atoms with Crippen molar-refractivity contribution in [2.45, 2.75) is 12.5 Å². The molecule has 2 aromatic rings. The van der Waals surface area contributed by atoms with E-state index in [4.69, 9.17) is 5.73 Å². The van der Waals surface area contributed by atoms with Crippen LogP contribution in [-0.4, -0.2) is 35.2 Å². The number of hydrogen-bond acceptors (Lipinski definition) is 5. The number of primary amides is 1. The summed E-state index contributed by atoms with van der Waals surface area (Å²) in [5, 5.41) is 15.5. The van der Waals surface area contributed by atoms with Gasteiger partial charge in [0.25, 0.3) is 5.91 Å². The highest BCUT2D eigenvalue weighted by Crippen LogP contribution is 2.19. The molecule has 4 N–H and O–H groups in total. The third-order valence-electron chi connectivity index (χ3n) is 3.77. The Hall–Kier alpha value is -3.82. The zero-order valence-corrected chi connectivity index (χ0v) is 14.6. The monoisotopic (exact) mass is 388 g/mol. The van der Waals surface area contributed by atoms with Crippen LogP contribution in [-0.2, 0) is 16.0 Å². The van der Waals surface area contributed by atoms with E-state index in [0.29, 0.717) is 5.56 Å². The molecule has 0 saturated heterocycles. The van der Waals surface area contributed by atoms with Crippen molar-refractivity contribution >= 4 is 23.4 Å². The smallest absolute Gasteiger partial charge is 0.305 e. The van der Waals surface area contributed by atoms with Crippen molar-refractivity contribution in [3.63, 3.8) is 0 Å². The molecule has 0 radical (unpaired) electrons. The number of carbonyl (C=O) groups excluding carboxylic acids is 3. The Morgan fingerprint density at radius 2 is 1.82 bits per heavy atom. The van der Waals surface area contributed by atoms with Crippen molar-refractivity contribution in [1.29, 1.82) is 0 Å². The third kappa shape index (κ3) is 5.59. The average Bonchev–Trinajstić information content (AvgIpc) is 2.67. The van der Waals surface area contributed by atoms with Crippen molar-refractivity contribution in [2.75, 3.05) is 6.54 Å². The van der Waals surface area contributed by atoms with E-state index >= 15 is 0 Å². The van der Waals surface area contributed by atoms with Gasteiger partial charge in [0, 0.05) is 18.1 Å². The fourth-order valence-corrected chi connectivity index (χ4v) is 2.38. The van der Waals surface area contributed by atoms with Gasteiger partial charge in [-0.2, -0.15) is 4.39 Å². The average molecular weight is 388 g/mol. The lowest BCUT2D eigenvalue weighted by Gasteiger charge is -2.16. The molecule has 1 atom stereocenters. The number of nitrogens with one attached hydrogen (secondary N) is 2. The summed E-state index contributed by atoms with van der Waals surface area (Å²) in [5.41, 5.74) is 5.11. The van der Waals surface area contributed by atoms with Crippen LogP contribution in [0.1, 0.15) is 15.9 Å². The van der Waals surface area contributed by atoms with E-state index in [1.807, 2.05) is 0 Å². The van der Waals surface area contributed by atoms with Crippen molar-refractivity contribution in [1.82, 2.24) is 10.6 Å². The fraction of sp³-hybridized carbons (Fsp3) is 0.167. The normalized spacial score (nSPS) is 11.3. The van der Waals surface area contributed by atoms with Crippen LogP contribution in [0.15, 0.2) is 48.5 Å². The fourth-order valence-electron chi connectivity index (χ4n) is 2.38. The molecule has 0 unspecified atom stereocenters. The number of benzene rings is 2. The standard InChI is InChI=1S/C18H17FN4O5/c19-13-7-6-11(9-15(13)23(27)28)8-14(17(20)25)22-16(24)10-21-18(26)12-4-2-1-3-5-12/h1-7,9,14H,8,10H2,(H2,20,25)(H,21,26)(H,22,24)/t14-/m0/s1. The lowest BCUT2D eigenvalue weighted by molar-refractivity contribution is -0.387. The van der Waals surface area contributed by atoms with E-state index in [1.54, 1.807) is 30.3 Å². The van der Waals surface area contributed by atoms with Gasteiger partial charge in [0.1, 0.15) is 6.04 Å². The van der Waals surface area contributed by atoms with Crippen molar-refractivity contribution in [2.24, 2.45) is 5.73 Å². The summed E-state index contributed by atoms with van der Waals surface area (Å²) >= 11 is 0. The van der Waals surface area contributed by atoms with Crippen LogP contribution in [0.3, 0.4) is 0 Å². The number of hydrogen-bond donors (Lipinski definition) is 3. The molecule has 9 nitrogen and oxygen atoms in total. The second kappa shape index (κ2) is 9.21. The zero-order chi connectivity index (χ0) is 20.7. The van der Waals surface area contributed by atoms with Gasteiger partial charge in [-0.15, -0.1) is 0 Å². The predicted molar refractivity (Wildman–Crippen MR) is 96.7 cm³/mol. The summed E-state index contributed by atoms with van der Waals surface area (Å²) in [7, 11) is 0. The summed E-state index contributed by atoms with van der Waals surface area (Å²) in [6.07, 6.45) is -0.172. The Kier molecular flexibility index (Phi) is 6.74. The molecular formula is C18H17FN4O5. The van der Waals surface area contributed by atoms with Crippen LogP contribution < -0.4 is 16.4 Å². The Balaban J connectivity index is 1.98. The molecule has 0 spiro atoms. The van der Waals surface area contributed by atoms with Crippen molar-refractivity contribution < 1.29 is 23.7 Å². The first-order chi connectivity index (χ1) is 13.3. The Bertz CT molecular complexity index is 904. The van der Waals surface area contributed by atoms with Crippen LogP contribution in [0.5, 0.6) is 0 Å².